The number of rotatable bonds is 5. The summed E-state index contributed by atoms with van der Waals surface area (Å²) < 4.78 is 43.8. The van der Waals surface area contributed by atoms with Crippen molar-refractivity contribution >= 4 is 15.7 Å². The van der Waals surface area contributed by atoms with E-state index in [9.17, 15) is 12.8 Å². The Balaban J connectivity index is 1.68. The van der Waals surface area contributed by atoms with Crippen molar-refractivity contribution in [2.75, 3.05) is 18.4 Å². The minimum Gasteiger partial charge on any atom is -0.378 e. The van der Waals surface area contributed by atoms with E-state index in [1.54, 1.807) is 23.7 Å². The van der Waals surface area contributed by atoms with Crippen LogP contribution in [-0.2, 0) is 17.1 Å². The Kier molecular flexibility index (Phi) is 5.28. The van der Waals surface area contributed by atoms with Gasteiger partial charge in [0.2, 0.25) is 0 Å². The van der Waals surface area contributed by atoms with E-state index in [0.29, 0.717) is 0 Å². The fraction of sp³-hybridized carbons (Fsp3) is 0.238. The molecule has 3 aromatic rings. The van der Waals surface area contributed by atoms with Crippen molar-refractivity contribution in [3.8, 4) is 6.07 Å². The fourth-order valence-corrected chi connectivity index (χ4v) is 5.19. The van der Waals surface area contributed by atoms with E-state index in [0.717, 1.165) is 5.56 Å². The van der Waals surface area contributed by atoms with Crippen LogP contribution in [0.25, 0.3) is 0 Å². The Labute approximate surface area is 174 Å². The Bertz CT molecular complexity index is 1200. The summed E-state index contributed by atoms with van der Waals surface area (Å²) in [5.41, 5.74) is 1.06. The molecule has 0 bridgehead atoms. The molecule has 1 N–H and O–H groups in total. The first-order valence-corrected chi connectivity index (χ1v) is 10.8. The minimum absolute atomic E-state index is 0.0184. The smallest absolute Gasteiger partial charge is 0.262 e. The number of anilines is 1. The highest BCUT2D eigenvalue weighted by Crippen LogP contribution is 2.33. The molecule has 1 aromatic heterocycles. The molecule has 1 aliphatic rings. The Morgan fingerprint density at radius 3 is 2.60 bits per heavy atom. The molecule has 1 saturated heterocycles. The monoisotopic (exact) mass is 425 g/mol. The van der Waals surface area contributed by atoms with Gasteiger partial charge in [0.05, 0.1) is 17.6 Å². The van der Waals surface area contributed by atoms with Gasteiger partial charge in [0.15, 0.2) is 10.8 Å². The second kappa shape index (κ2) is 7.89. The number of hydrogen-bond acceptors (Lipinski definition) is 5. The van der Waals surface area contributed by atoms with Gasteiger partial charge < -0.3 is 9.88 Å². The third-order valence-electron chi connectivity index (χ3n) is 5.26. The third-order valence-corrected chi connectivity index (χ3v) is 6.98. The van der Waals surface area contributed by atoms with Gasteiger partial charge in [-0.1, -0.05) is 36.4 Å². The molecule has 0 spiro atoms. The van der Waals surface area contributed by atoms with Crippen LogP contribution in [0.15, 0.2) is 66.1 Å². The van der Waals surface area contributed by atoms with Gasteiger partial charge in [-0.15, -0.1) is 0 Å². The van der Waals surface area contributed by atoms with E-state index in [-0.39, 0.29) is 41.3 Å². The maximum Gasteiger partial charge on any atom is 0.262 e. The molecule has 30 heavy (non-hydrogen) atoms. The number of sulfonamides is 1. The quantitative estimate of drug-likeness (QED) is 0.679. The molecule has 0 radical (unpaired) electrons. The molecule has 2 heterocycles. The van der Waals surface area contributed by atoms with E-state index in [4.69, 9.17) is 5.26 Å². The van der Waals surface area contributed by atoms with Crippen molar-refractivity contribution in [1.82, 2.24) is 13.9 Å². The largest absolute Gasteiger partial charge is 0.378 e. The summed E-state index contributed by atoms with van der Waals surface area (Å²) in [5, 5.41) is 12.2. The highest BCUT2D eigenvalue weighted by molar-refractivity contribution is 7.89. The molecule has 0 amide bonds. The minimum atomic E-state index is -3.79. The Morgan fingerprint density at radius 1 is 1.17 bits per heavy atom. The maximum absolute atomic E-state index is 14.6. The van der Waals surface area contributed by atoms with Gasteiger partial charge in [-0.2, -0.15) is 9.57 Å². The highest BCUT2D eigenvalue weighted by Gasteiger charge is 2.41. The molecular formula is C21H20FN5O2S. The number of nitrogens with zero attached hydrogens (tertiary/aromatic N) is 4. The van der Waals surface area contributed by atoms with Crippen molar-refractivity contribution in [2.45, 2.75) is 17.0 Å². The van der Waals surface area contributed by atoms with Crippen molar-refractivity contribution in [3.63, 3.8) is 0 Å². The summed E-state index contributed by atoms with van der Waals surface area (Å²) in [5.74, 6) is -0.840. The van der Waals surface area contributed by atoms with E-state index >= 15 is 0 Å². The lowest BCUT2D eigenvalue weighted by Crippen LogP contribution is -2.32. The van der Waals surface area contributed by atoms with E-state index in [2.05, 4.69) is 10.3 Å². The second-order valence-corrected chi connectivity index (χ2v) is 9.13. The number of nitrogens with one attached hydrogen (secondary N) is 1. The van der Waals surface area contributed by atoms with Gasteiger partial charge >= 0.3 is 0 Å². The van der Waals surface area contributed by atoms with Gasteiger partial charge in [0.1, 0.15) is 6.07 Å². The fourth-order valence-electron chi connectivity index (χ4n) is 3.73. The van der Waals surface area contributed by atoms with Crippen LogP contribution in [0.4, 0.5) is 10.1 Å². The zero-order valence-corrected chi connectivity index (χ0v) is 17.1. The van der Waals surface area contributed by atoms with Gasteiger partial charge in [0.25, 0.3) is 10.0 Å². The molecule has 0 unspecified atom stereocenters. The average Bonchev–Trinajstić information content (AvgIpc) is 3.37. The van der Waals surface area contributed by atoms with Gasteiger partial charge in [-0.3, -0.25) is 0 Å². The van der Waals surface area contributed by atoms with E-state index < -0.39 is 15.8 Å². The first-order valence-electron chi connectivity index (χ1n) is 9.38. The normalized spacial score (nSPS) is 19.5. The van der Waals surface area contributed by atoms with Crippen LogP contribution in [0.1, 0.15) is 17.0 Å². The summed E-state index contributed by atoms with van der Waals surface area (Å²) in [6.45, 7) is 0.384. The third kappa shape index (κ3) is 3.67. The zero-order valence-electron chi connectivity index (χ0n) is 16.2. The molecule has 9 heteroatoms. The SMILES string of the molecule is Cn1cnc(S(=O)(=O)N2C[C@H](Nc3cccc(C#N)c3F)[C@@H](c3ccccc3)C2)c1. The van der Waals surface area contributed by atoms with Crippen molar-refractivity contribution in [2.24, 2.45) is 7.05 Å². The first kappa shape index (κ1) is 20.1. The molecule has 1 aliphatic heterocycles. The van der Waals surface area contributed by atoms with Crippen LogP contribution < -0.4 is 5.32 Å². The van der Waals surface area contributed by atoms with Gasteiger partial charge in [-0.05, 0) is 17.7 Å². The maximum atomic E-state index is 14.6. The second-order valence-electron chi connectivity index (χ2n) is 7.25. The van der Waals surface area contributed by atoms with Crippen LogP contribution in [0, 0.1) is 17.1 Å². The lowest BCUT2D eigenvalue weighted by molar-refractivity contribution is 0.468. The van der Waals surface area contributed by atoms with E-state index in [1.807, 2.05) is 36.4 Å². The molecular weight excluding hydrogens is 405 g/mol. The van der Waals surface area contributed by atoms with Gasteiger partial charge in [-0.25, -0.2) is 17.8 Å². The van der Waals surface area contributed by atoms with Crippen molar-refractivity contribution in [3.05, 3.63) is 78.0 Å². The lowest BCUT2D eigenvalue weighted by atomic mass is 9.94. The summed E-state index contributed by atoms with van der Waals surface area (Å²) in [6.07, 6.45) is 2.90. The molecule has 7 nitrogen and oxygen atoms in total. The first-order chi connectivity index (χ1) is 14.4. The summed E-state index contributed by atoms with van der Waals surface area (Å²) in [4.78, 5) is 3.99. The molecule has 0 saturated carbocycles. The van der Waals surface area contributed by atoms with Crippen LogP contribution >= 0.6 is 0 Å². The molecule has 2 atom stereocenters. The number of benzene rings is 2. The van der Waals surface area contributed by atoms with Crippen molar-refractivity contribution < 1.29 is 12.8 Å². The van der Waals surface area contributed by atoms with Crippen LogP contribution in [0.3, 0.4) is 0 Å². The summed E-state index contributed by atoms with van der Waals surface area (Å²) in [7, 11) is -2.09. The number of imidazole rings is 1. The number of nitriles is 1. The summed E-state index contributed by atoms with van der Waals surface area (Å²) >= 11 is 0. The van der Waals surface area contributed by atoms with Crippen LogP contribution in [0.2, 0.25) is 0 Å². The van der Waals surface area contributed by atoms with E-state index in [1.165, 1.54) is 22.9 Å². The standard InChI is InChI=1S/C21H20FN5O2S/c1-26-13-20(24-14-26)30(28,29)27-11-17(15-6-3-2-4-7-15)19(12-27)25-18-9-5-8-16(10-23)21(18)22/h2-9,13-14,17,19,25H,11-12H2,1H3/t17-,19+/m1/s1. The number of hydrogen-bond donors (Lipinski definition) is 1. The Morgan fingerprint density at radius 2 is 1.93 bits per heavy atom. The highest BCUT2D eigenvalue weighted by atomic mass is 32.2. The van der Waals surface area contributed by atoms with Gasteiger partial charge in [0, 0.05) is 38.3 Å². The molecule has 0 aliphatic carbocycles. The molecule has 1 fully saturated rings. The molecule has 2 aromatic carbocycles. The lowest BCUT2D eigenvalue weighted by Gasteiger charge is -2.21. The topological polar surface area (TPSA) is 91.0 Å². The van der Waals surface area contributed by atoms with Crippen molar-refractivity contribution in [1.29, 1.82) is 5.26 Å². The van der Waals surface area contributed by atoms with Crippen LogP contribution in [0.5, 0.6) is 0 Å². The predicted octanol–water partition coefficient (Wildman–Crippen LogP) is 2.70. The summed E-state index contributed by atoms with van der Waals surface area (Å²) in [6, 6.07) is 15.5. The number of aryl methyl sites for hydroxylation is 1. The average molecular weight is 425 g/mol. The van der Waals surface area contributed by atoms with Crippen LogP contribution in [-0.4, -0.2) is 41.4 Å². The molecule has 154 valence electrons. The number of halogens is 1. The predicted molar refractivity (Wildman–Crippen MR) is 110 cm³/mol. The molecule has 4 rings (SSSR count). The zero-order chi connectivity index (χ0) is 21.3. The number of aromatic nitrogens is 2. The Hall–Kier alpha value is -3.22.